The lowest BCUT2D eigenvalue weighted by atomic mass is 10.1. The molecule has 2 amide bonds. The minimum Gasteiger partial charge on any atom is -0.395 e. The summed E-state index contributed by atoms with van der Waals surface area (Å²) in [6, 6.07) is -1.30. The number of alkyl halides is 3. The normalized spacial score (nSPS) is 18.2. The number of carbonyl (C=O) groups is 1. The summed E-state index contributed by atoms with van der Waals surface area (Å²) in [7, 11) is -3.30. The van der Waals surface area contributed by atoms with E-state index in [4.69, 9.17) is 5.11 Å². The maximum Gasteiger partial charge on any atom is 0.406 e. The van der Waals surface area contributed by atoms with E-state index in [0.717, 1.165) is 6.26 Å². The number of hydrogen-bond acceptors (Lipinski definition) is 4. The van der Waals surface area contributed by atoms with Crippen molar-refractivity contribution >= 4 is 16.1 Å². The molecule has 0 unspecified atom stereocenters. The molecule has 0 atom stereocenters. The highest BCUT2D eigenvalue weighted by Gasteiger charge is 2.34. The van der Waals surface area contributed by atoms with Gasteiger partial charge in [0.05, 0.1) is 12.9 Å². The summed E-state index contributed by atoms with van der Waals surface area (Å²) in [4.78, 5) is 12.3. The predicted molar refractivity (Wildman–Crippen MR) is 72.7 cm³/mol. The number of hydrogen-bond donors (Lipinski definition) is 2. The Balaban J connectivity index is 2.53. The van der Waals surface area contributed by atoms with Gasteiger partial charge in [0.25, 0.3) is 0 Å². The number of aliphatic hydroxyl groups is 1. The number of urea groups is 1. The minimum atomic E-state index is -4.55. The first-order valence-corrected chi connectivity index (χ1v) is 8.56. The molecule has 0 aromatic rings. The van der Waals surface area contributed by atoms with E-state index >= 15 is 0 Å². The second-order valence-corrected chi connectivity index (χ2v) is 7.13. The van der Waals surface area contributed by atoms with Crippen LogP contribution in [0, 0.1) is 0 Å². The van der Waals surface area contributed by atoms with Crippen LogP contribution >= 0.6 is 0 Å². The second-order valence-electron chi connectivity index (χ2n) is 5.15. The van der Waals surface area contributed by atoms with Crippen LogP contribution in [-0.4, -0.2) is 80.0 Å². The monoisotopic (exact) mass is 347 g/mol. The molecule has 7 nitrogen and oxygen atoms in total. The number of sulfonamides is 1. The highest BCUT2D eigenvalue weighted by Crippen LogP contribution is 2.17. The Hall–Kier alpha value is -1.07. The van der Waals surface area contributed by atoms with Crippen LogP contribution in [-0.2, 0) is 10.0 Å². The zero-order valence-electron chi connectivity index (χ0n) is 12.1. The minimum absolute atomic E-state index is 0.211. The lowest BCUT2D eigenvalue weighted by Gasteiger charge is -2.32. The number of nitrogens with one attached hydrogen (secondary N) is 1. The molecule has 1 fully saturated rings. The van der Waals surface area contributed by atoms with E-state index < -0.39 is 41.9 Å². The molecule has 2 N–H and O–H groups in total. The lowest BCUT2D eigenvalue weighted by molar-refractivity contribution is -0.140. The van der Waals surface area contributed by atoms with Gasteiger partial charge >= 0.3 is 12.2 Å². The van der Waals surface area contributed by atoms with Crippen molar-refractivity contribution in [3.8, 4) is 0 Å². The fraction of sp³-hybridized carbons (Fsp3) is 0.909. The number of amides is 2. The summed E-state index contributed by atoms with van der Waals surface area (Å²) in [6.07, 6.45) is -2.81. The summed E-state index contributed by atoms with van der Waals surface area (Å²) in [6.45, 7) is -2.02. The van der Waals surface area contributed by atoms with Crippen molar-refractivity contribution in [2.45, 2.75) is 25.1 Å². The van der Waals surface area contributed by atoms with Crippen LogP contribution in [0.25, 0.3) is 0 Å². The van der Waals surface area contributed by atoms with Crippen LogP contribution in [0.5, 0.6) is 0 Å². The van der Waals surface area contributed by atoms with Crippen molar-refractivity contribution in [1.29, 1.82) is 0 Å². The smallest absolute Gasteiger partial charge is 0.395 e. The molecular weight excluding hydrogens is 327 g/mol. The lowest BCUT2D eigenvalue weighted by Crippen LogP contribution is -2.52. The van der Waals surface area contributed by atoms with E-state index in [9.17, 15) is 26.4 Å². The van der Waals surface area contributed by atoms with Crippen molar-refractivity contribution in [3.05, 3.63) is 0 Å². The summed E-state index contributed by atoms with van der Waals surface area (Å²) in [5.74, 6) is 0. The average Bonchev–Trinajstić information content (AvgIpc) is 2.36. The van der Waals surface area contributed by atoms with Gasteiger partial charge in [0.15, 0.2) is 0 Å². The van der Waals surface area contributed by atoms with Gasteiger partial charge in [0, 0.05) is 25.7 Å². The van der Waals surface area contributed by atoms with E-state index in [1.807, 2.05) is 0 Å². The van der Waals surface area contributed by atoms with Crippen molar-refractivity contribution in [2.75, 3.05) is 39.0 Å². The van der Waals surface area contributed by atoms with Crippen molar-refractivity contribution in [3.63, 3.8) is 0 Å². The van der Waals surface area contributed by atoms with Gasteiger partial charge in [-0.3, -0.25) is 0 Å². The maximum atomic E-state index is 12.4. The molecule has 0 aromatic carbocycles. The molecular formula is C11H20F3N3O4S. The van der Waals surface area contributed by atoms with Crippen LogP contribution < -0.4 is 5.32 Å². The Morgan fingerprint density at radius 3 is 2.32 bits per heavy atom. The predicted octanol–water partition coefficient (Wildman–Crippen LogP) is -0.0234. The molecule has 0 radical (unpaired) electrons. The Labute approximate surface area is 127 Å². The third-order valence-corrected chi connectivity index (χ3v) is 4.58. The Morgan fingerprint density at radius 1 is 1.36 bits per heavy atom. The Morgan fingerprint density at radius 2 is 1.91 bits per heavy atom. The van der Waals surface area contributed by atoms with Crippen LogP contribution in [0.1, 0.15) is 12.8 Å². The van der Waals surface area contributed by atoms with Gasteiger partial charge in [-0.15, -0.1) is 0 Å². The zero-order valence-corrected chi connectivity index (χ0v) is 13.0. The Bertz CT molecular complexity index is 475. The number of aliphatic hydroxyl groups excluding tert-OH is 1. The summed E-state index contributed by atoms with van der Waals surface area (Å²) >= 11 is 0. The fourth-order valence-corrected chi connectivity index (χ4v) is 3.06. The quantitative estimate of drug-likeness (QED) is 0.731. The molecule has 1 heterocycles. The molecule has 22 heavy (non-hydrogen) atoms. The topological polar surface area (TPSA) is 90.0 Å². The number of carbonyl (C=O) groups excluding carboxylic acids is 1. The molecule has 1 aliphatic rings. The van der Waals surface area contributed by atoms with E-state index in [0.29, 0.717) is 17.7 Å². The zero-order chi connectivity index (χ0) is 17.0. The van der Waals surface area contributed by atoms with Gasteiger partial charge in [-0.2, -0.15) is 13.2 Å². The first kappa shape index (κ1) is 19.0. The van der Waals surface area contributed by atoms with E-state index in [2.05, 4.69) is 5.32 Å². The average molecular weight is 347 g/mol. The highest BCUT2D eigenvalue weighted by atomic mass is 32.2. The summed E-state index contributed by atoms with van der Waals surface area (Å²) in [5, 5.41) is 11.2. The standard InChI is InChI=1S/C11H20F3N3O4S/c1-22(20,21)17-4-2-9(3-5-17)15-10(19)16(6-7-18)8-11(12,13)14/h9,18H,2-8H2,1H3,(H,15,19). The van der Waals surface area contributed by atoms with E-state index in [-0.39, 0.29) is 19.1 Å². The molecule has 0 saturated carbocycles. The molecule has 11 heteroatoms. The van der Waals surface area contributed by atoms with Crippen LogP contribution in [0.15, 0.2) is 0 Å². The number of nitrogens with zero attached hydrogens (tertiary/aromatic N) is 2. The van der Waals surface area contributed by atoms with Crippen molar-refractivity contribution < 1.29 is 31.5 Å². The molecule has 0 aromatic heterocycles. The molecule has 1 saturated heterocycles. The molecule has 130 valence electrons. The maximum absolute atomic E-state index is 12.4. The van der Waals surface area contributed by atoms with Crippen LogP contribution in [0.2, 0.25) is 0 Å². The molecule has 1 aliphatic heterocycles. The highest BCUT2D eigenvalue weighted by molar-refractivity contribution is 7.88. The van der Waals surface area contributed by atoms with Crippen molar-refractivity contribution in [1.82, 2.24) is 14.5 Å². The van der Waals surface area contributed by atoms with Gasteiger partial charge in [0.2, 0.25) is 10.0 Å². The van der Waals surface area contributed by atoms with Crippen molar-refractivity contribution in [2.24, 2.45) is 0 Å². The van der Waals surface area contributed by atoms with Gasteiger partial charge in [-0.1, -0.05) is 0 Å². The van der Waals surface area contributed by atoms with Gasteiger partial charge in [-0.25, -0.2) is 17.5 Å². The van der Waals surface area contributed by atoms with E-state index in [1.165, 1.54) is 4.31 Å². The van der Waals surface area contributed by atoms with Crippen LogP contribution in [0.3, 0.4) is 0 Å². The number of rotatable bonds is 5. The van der Waals surface area contributed by atoms with Gasteiger partial charge < -0.3 is 15.3 Å². The Kier molecular flexibility index (Phi) is 6.44. The summed E-state index contributed by atoms with van der Waals surface area (Å²) in [5.41, 5.74) is 0. The number of halogens is 3. The molecule has 0 aliphatic carbocycles. The SMILES string of the molecule is CS(=O)(=O)N1CCC(NC(=O)N(CCO)CC(F)(F)F)CC1. The number of piperidine rings is 1. The molecule has 0 spiro atoms. The van der Waals surface area contributed by atoms with Gasteiger partial charge in [0.1, 0.15) is 6.54 Å². The fourth-order valence-electron chi connectivity index (χ4n) is 2.19. The van der Waals surface area contributed by atoms with Gasteiger partial charge in [-0.05, 0) is 12.8 Å². The second kappa shape index (κ2) is 7.47. The first-order chi connectivity index (χ1) is 10.0. The third kappa shape index (κ3) is 6.36. The third-order valence-electron chi connectivity index (χ3n) is 3.28. The molecule has 0 bridgehead atoms. The molecule has 1 rings (SSSR count). The first-order valence-electron chi connectivity index (χ1n) is 6.71. The summed E-state index contributed by atoms with van der Waals surface area (Å²) < 4.78 is 61.1. The van der Waals surface area contributed by atoms with Crippen LogP contribution in [0.4, 0.5) is 18.0 Å². The van der Waals surface area contributed by atoms with E-state index in [1.54, 1.807) is 0 Å². The largest absolute Gasteiger partial charge is 0.406 e.